The first kappa shape index (κ1) is 14.3. The predicted molar refractivity (Wildman–Crippen MR) is 78.3 cm³/mol. The molecular formula is C16H22N2O3. The van der Waals surface area contributed by atoms with Crippen molar-refractivity contribution in [2.24, 2.45) is 5.73 Å². The van der Waals surface area contributed by atoms with Gasteiger partial charge in [-0.2, -0.15) is 0 Å². The lowest BCUT2D eigenvalue weighted by Crippen LogP contribution is -2.51. The van der Waals surface area contributed by atoms with Crippen molar-refractivity contribution in [3.8, 4) is 0 Å². The van der Waals surface area contributed by atoms with E-state index in [1.54, 1.807) is 0 Å². The van der Waals surface area contributed by atoms with E-state index < -0.39 is 0 Å². The molecule has 1 heterocycles. The summed E-state index contributed by atoms with van der Waals surface area (Å²) in [4.78, 5) is 24.3. The molecule has 5 heteroatoms. The van der Waals surface area contributed by atoms with E-state index in [2.05, 4.69) is 5.32 Å². The van der Waals surface area contributed by atoms with E-state index in [1.807, 2.05) is 0 Å². The molecule has 3 rings (SSSR count). The van der Waals surface area contributed by atoms with E-state index in [1.165, 1.54) is 12.7 Å². The summed E-state index contributed by atoms with van der Waals surface area (Å²) < 4.78 is 5.38. The number of fused-ring (bicyclic) bond motifs is 1. The van der Waals surface area contributed by atoms with Crippen LogP contribution in [0.5, 0.6) is 0 Å². The molecule has 0 atom stereocenters. The highest BCUT2D eigenvalue weighted by atomic mass is 16.3. The number of carbonyl (C=O) groups excluding carboxylic acids is 2. The molecule has 1 aromatic rings. The predicted octanol–water partition coefficient (Wildman–Crippen LogP) is 2.19. The zero-order valence-corrected chi connectivity index (χ0v) is 12.2. The smallest absolute Gasteiger partial charge is 0.255 e. The maximum atomic E-state index is 12.3. The second-order valence-electron chi connectivity index (χ2n) is 6.33. The average molecular weight is 290 g/mol. The lowest BCUT2D eigenvalue weighted by molar-refractivity contribution is 0.0917. The van der Waals surface area contributed by atoms with Gasteiger partial charge >= 0.3 is 0 Å². The van der Waals surface area contributed by atoms with Crippen LogP contribution < -0.4 is 11.1 Å². The Morgan fingerprint density at radius 2 is 2.00 bits per heavy atom. The molecule has 2 aliphatic carbocycles. The van der Waals surface area contributed by atoms with Gasteiger partial charge in [-0.25, -0.2) is 0 Å². The number of hydrogen-bond donors (Lipinski definition) is 2. The number of rotatable bonds is 3. The lowest BCUT2D eigenvalue weighted by Gasteiger charge is -2.33. The van der Waals surface area contributed by atoms with Gasteiger partial charge in [-0.1, -0.05) is 19.3 Å². The van der Waals surface area contributed by atoms with Gasteiger partial charge in [-0.05, 0) is 19.3 Å². The fourth-order valence-electron chi connectivity index (χ4n) is 3.37. The molecule has 114 valence electrons. The summed E-state index contributed by atoms with van der Waals surface area (Å²) >= 11 is 0. The molecular weight excluding hydrogens is 268 g/mol. The molecule has 3 N–H and O–H groups in total. The van der Waals surface area contributed by atoms with Crippen LogP contribution in [-0.4, -0.2) is 23.8 Å². The molecule has 0 radical (unpaired) electrons. The lowest BCUT2D eigenvalue weighted by atomic mass is 9.82. The van der Waals surface area contributed by atoms with Crippen molar-refractivity contribution >= 4 is 11.7 Å². The average Bonchev–Trinajstić information content (AvgIpc) is 2.91. The van der Waals surface area contributed by atoms with Gasteiger partial charge in [0.05, 0.1) is 11.1 Å². The molecule has 0 spiro atoms. The zero-order valence-electron chi connectivity index (χ0n) is 12.2. The Balaban J connectivity index is 1.69. The Hall–Kier alpha value is -1.62. The molecule has 2 aliphatic rings. The fourth-order valence-corrected chi connectivity index (χ4v) is 3.37. The van der Waals surface area contributed by atoms with Crippen LogP contribution in [0.1, 0.15) is 71.4 Å². The van der Waals surface area contributed by atoms with Crippen LogP contribution in [-0.2, 0) is 6.42 Å². The topological polar surface area (TPSA) is 85.3 Å². The normalized spacial score (nSPS) is 20.9. The molecule has 0 aliphatic heterocycles. The van der Waals surface area contributed by atoms with Gasteiger partial charge in [-0.3, -0.25) is 9.59 Å². The van der Waals surface area contributed by atoms with Crippen LogP contribution in [0.3, 0.4) is 0 Å². The first-order valence-electron chi connectivity index (χ1n) is 7.80. The van der Waals surface area contributed by atoms with Gasteiger partial charge in [0.25, 0.3) is 5.91 Å². The van der Waals surface area contributed by atoms with E-state index in [0.717, 1.165) is 38.5 Å². The Morgan fingerprint density at radius 1 is 1.24 bits per heavy atom. The third-order valence-corrected chi connectivity index (χ3v) is 4.65. The molecule has 5 nitrogen and oxygen atoms in total. The third kappa shape index (κ3) is 2.88. The molecule has 1 aromatic heterocycles. The number of amides is 1. The number of aryl methyl sites for hydroxylation is 1. The third-order valence-electron chi connectivity index (χ3n) is 4.65. The van der Waals surface area contributed by atoms with Gasteiger partial charge in [0.1, 0.15) is 12.0 Å². The first-order chi connectivity index (χ1) is 10.1. The van der Waals surface area contributed by atoms with Crippen molar-refractivity contribution in [2.45, 2.75) is 56.9 Å². The number of nitrogens with two attached hydrogens (primary N) is 1. The monoisotopic (exact) mass is 290 g/mol. The van der Waals surface area contributed by atoms with Gasteiger partial charge in [0.2, 0.25) is 0 Å². The minimum Gasteiger partial charge on any atom is -0.468 e. The highest BCUT2D eigenvalue weighted by molar-refractivity contribution is 6.09. The number of Topliss-reactive ketones (excluding diaryl/α,β-unsaturated/α-hetero) is 1. The quantitative estimate of drug-likeness (QED) is 0.893. The Morgan fingerprint density at radius 3 is 2.76 bits per heavy atom. The van der Waals surface area contributed by atoms with Crippen LogP contribution in [0.4, 0.5) is 0 Å². The number of carbonyl (C=O) groups is 2. The minimum absolute atomic E-state index is 0.00952. The summed E-state index contributed by atoms with van der Waals surface area (Å²) in [6, 6.07) is 0. The molecule has 1 saturated carbocycles. The number of nitrogens with one attached hydrogen (secondary N) is 1. The Bertz CT molecular complexity index is 556. The molecule has 0 unspecified atom stereocenters. The van der Waals surface area contributed by atoms with E-state index >= 15 is 0 Å². The molecule has 21 heavy (non-hydrogen) atoms. The molecule has 1 fully saturated rings. The van der Waals surface area contributed by atoms with Crippen molar-refractivity contribution < 1.29 is 14.0 Å². The van der Waals surface area contributed by atoms with Gasteiger partial charge in [0.15, 0.2) is 5.78 Å². The molecule has 1 amide bonds. The van der Waals surface area contributed by atoms with Crippen molar-refractivity contribution in [3.63, 3.8) is 0 Å². The Labute approximate surface area is 124 Å². The van der Waals surface area contributed by atoms with Crippen LogP contribution in [0.25, 0.3) is 0 Å². The largest absolute Gasteiger partial charge is 0.468 e. The first-order valence-corrected chi connectivity index (χ1v) is 7.80. The summed E-state index contributed by atoms with van der Waals surface area (Å²) in [5.41, 5.74) is 6.87. The van der Waals surface area contributed by atoms with E-state index in [4.69, 9.17) is 10.2 Å². The van der Waals surface area contributed by atoms with Crippen molar-refractivity contribution in [3.05, 3.63) is 23.2 Å². The standard InChI is InChI=1S/C16H22N2O3/c17-16(7-2-1-3-8-16)10-18-15(20)11-9-21-13-6-4-5-12(19)14(11)13/h9H,1-8,10,17H2,(H,18,20). The Kier molecular flexibility index (Phi) is 3.85. The molecule has 0 saturated heterocycles. The van der Waals surface area contributed by atoms with Gasteiger partial charge in [0, 0.05) is 24.9 Å². The highest BCUT2D eigenvalue weighted by Crippen LogP contribution is 2.27. The highest BCUT2D eigenvalue weighted by Gasteiger charge is 2.31. The maximum absolute atomic E-state index is 12.3. The maximum Gasteiger partial charge on any atom is 0.255 e. The van der Waals surface area contributed by atoms with Gasteiger partial charge < -0.3 is 15.5 Å². The number of furan rings is 1. The summed E-state index contributed by atoms with van der Waals surface area (Å²) in [7, 11) is 0. The second kappa shape index (κ2) is 5.64. The van der Waals surface area contributed by atoms with Crippen molar-refractivity contribution in [1.29, 1.82) is 0 Å². The molecule has 0 bridgehead atoms. The summed E-state index contributed by atoms with van der Waals surface area (Å²) in [5, 5.41) is 2.89. The van der Waals surface area contributed by atoms with Crippen molar-refractivity contribution in [2.75, 3.05) is 6.54 Å². The van der Waals surface area contributed by atoms with E-state index in [0.29, 0.717) is 29.9 Å². The summed E-state index contributed by atoms with van der Waals surface area (Å²) in [6.45, 7) is 0.458. The van der Waals surface area contributed by atoms with Crippen molar-refractivity contribution in [1.82, 2.24) is 5.32 Å². The minimum atomic E-state index is -0.304. The number of hydrogen-bond acceptors (Lipinski definition) is 4. The van der Waals surface area contributed by atoms with Crippen LogP contribution >= 0.6 is 0 Å². The SMILES string of the molecule is NC1(CNC(=O)c2coc3c2C(=O)CCC3)CCCCC1. The summed E-state index contributed by atoms with van der Waals surface area (Å²) in [5.74, 6) is 0.414. The van der Waals surface area contributed by atoms with Crippen LogP contribution in [0, 0.1) is 0 Å². The van der Waals surface area contributed by atoms with E-state index in [-0.39, 0.29) is 17.2 Å². The zero-order chi connectivity index (χ0) is 14.9. The van der Waals surface area contributed by atoms with E-state index in [9.17, 15) is 9.59 Å². The number of ketones is 1. The second-order valence-corrected chi connectivity index (χ2v) is 6.33. The van der Waals surface area contributed by atoms with Crippen LogP contribution in [0.2, 0.25) is 0 Å². The van der Waals surface area contributed by atoms with Crippen LogP contribution in [0.15, 0.2) is 10.7 Å². The van der Waals surface area contributed by atoms with Gasteiger partial charge in [-0.15, -0.1) is 0 Å². The summed E-state index contributed by atoms with van der Waals surface area (Å²) in [6.07, 6.45) is 8.77. The molecule has 0 aromatic carbocycles. The fraction of sp³-hybridized carbons (Fsp3) is 0.625.